The number of hydrogen-bond acceptors (Lipinski definition) is 5. The first-order valence-electron chi connectivity index (χ1n) is 5.60. The fraction of sp³-hybridized carbons (Fsp3) is 0.167. The van der Waals surface area contributed by atoms with E-state index in [9.17, 15) is 13.2 Å². The minimum atomic E-state index is -3.73. The van der Waals surface area contributed by atoms with E-state index in [4.69, 9.17) is 15.1 Å². The van der Waals surface area contributed by atoms with E-state index in [1.54, 1.807) is 19.1 Å². The van der Waals surface area contributed by atoms with Crippen LogP contribution in [0.5, 0.6) is 0 Å². The van der Waals surface area contributed by atoms with Gasteiger partial charge >= 0.3 is 0 Å². The van der Waals surface area contributed by atoms with E-state index in [0.717, 1.165) is 5.56 Å². The minimum Gasteiger partial charge on any atom is -0.438 e. The molecule has 1 aromatic heterocycles. The number of halogens is 1. The highest BCUT2D eigenvalue weighted by atomic mass is 35.7. The maximum Gasteiger partial charge on any atom is 0.289 e. The average molecular weight is 315 g/mol. The highest BCUT2D eigenvalue weighted by Gasteiger charge is 2.13. The van der Waals surface area contributed by atoms with Gasteiger partial charge in [0.15, 0.2) is 6.39 Å². The minimum absolute atomic E-state index is 0.0142. The van der Waals surface area contributed by atoms with Gasteiger partial charge in [-0.25, -0.2) is 13.4 Å². The second-order valence-corrected chi connectivity index (χ2v) is 6.60. The van der Waals surface area contributed by atoms with E-state index in [1.165, 1.54) is 18.5 Å². The Hall–Kier alpha value is -1.86. The third-order valence-corrected chi connectivity index (χ3v) is 3.98. The molecule has 0 fully saturated rings. The van der Waals surface area contributed by atoms with Crippen molar-refractivity contribution in [3.05, 3.63) is 47.7 Å². The number of carbonyl (C=O) groups excluding carboxylic acids is 1. The molecule has 0 atom stereocenters. The second-order valence-electron chi connectivity index (χ2n) is 4.03. The topological polar surface area (TPSA) is 89.3 Å². The molecular weight excluding hydrogens is 304 g/mol. The SMILES string of the molecule is Cc1ncoc1C(=O)NCc1ccc(S(=O)(=O)Cl)cc1. The molecule has 6 nitrogen and oxygen atoms in total. The molecule has 106 valence electrons. The van der Waals surface area contributed by atoms with Crippen LogP contribution in [0.4, 0.5) is 0 Å². The molecule has 0 bridgehead atoms. The highest BCUT2D eigenvalue weighted by Crippen LogP contribution is 2.15. The van der Waals surface area contributed by atoms with E-state index in [2.05, 4.69) is 10.3 Å². The smallest absolute Gasteiger partial charge is 0.289 e. The number of amides is 1. The summed E-state index contributed by atoms with van der Waals surface area (Å²) >= 11 is 0. The fourth-order valence-electron chi connectivity index (χ4n) is 1.55. The second kappa shape index (κ2) is 5.64. The van der Waals surface area contributed by atoms with Gasteiger partial charge in [-0.05, 0) is 24.6 Å². The third-order valence-electron chi connectivity index (χ3n) is 2.61. The summed E-state index contributed by atoms with van der Waals surface area (Å²) < 4.78 is 27.1. The number of oxazole rings is 1. The monoisotopic (exact) mass is 314 g/mol. The number of carbonyl (C=O) groups is 1. The lowest BCUT2D eigenvalue weighted by Gasteiger charge is -2.04. The molecule has 0 aliphatic rings. The van der Waals surface area contributed by atoms with Crippen LogP contribution in [0, 0.1) is 6.92 Å². The lowest BCUT2D eigenvalue weighted by atomic mass is 10.2. The number of aryl methyl sites for hydroxylation is 1. The summed E-state index contributed by atoms with van der Waals surface area (Å²) in [6.07, 6.45) is 1.20. The van der Waals surface area contributed by atoms with E-state index in [-0.39, 0.29) is 23.1 Å². The molecule has 1 amide bonds. The molecule has 0 saturated heterocycles. The van der Waals surface area contributed by atoms with E-state index in [1.807, 2.05) is 0 Å². The molecule has 0 aliphatic heterocycles. The summed E-state index contributed by atoms with van der Waals surface area (Å²) in [4.78, 5) is 15.6. The zero-order valence-electron chi connectivity index (χ0n) is 10.5. The average Bonchev–Trinajstić information content (AvgIpc) is 2.82. The van der Waals surface area contributed by atoms with Crippen LogP contribution in [-0.4, -0.2) is 19.3 Å². The molecule has 2 rings (SSSR count). The third kappa shape index (κ3) is 3.37. The van der Waals surface area contributed by atoms with Crippen LogP contribution >= 0.6 is 10.7 Å². The van der Waals surface area contributed by atoms with Crippen molar-refractivity contribution in [1.82, 2.24) is 10.3 Å². The fourth-order valence-corrected chi connectivity index (χ4v) is 2.32. The van der Waals surface area contributed by atoms with Gasteiger partial charge in [-0.2, -0.15) is 0 Å². The Balaban J connectivity index is 2.02. The zero-order chi connectivity index (χ0) is 14.8. The number of nitrogens with zero attached hydrogens (tertiary/aromatic N) is 1. The van der Waals surface area contributed by atoms with E-state index in [0.29, 0.717) is 5.69 Å². The molecule has 0 radical (unpaired) electrons. The molecule has 2 aromatic rings. The Bertz CT molecular complexity index is 722. The van der Waals surface area contributed by atoms with Crippen LogP contribution in [0.2, 0.25) is 0 Å². The summed E-state index contributed by atoms with van der Waals surface area (Å²) in [7, 11) is 1.48. The molecule has 20 heavy (non-hydrogen) atoms. The quantitative estimate of drug-likeness (QED) is 0.870. The predicted octanol–water partition coefficient (Wildman–Crippen LogP) is 1.84. The van der Waals surface area contributed by atoms with Gasteiger partial charge in [-0.15, -0.1) is 0 Å². The number of rotatable bonds is 4. The van der Waals surface area contributed by atoms with Crippen LogP contribution in [0.25, 0.3) is 0 Å². The molecule has 0 aliphatic carbocycles. The van der Waals surface area contributed by atoms with Crippen LogP contribution in [0.1, 0.15) is 21.8 Å². The van der Waals surface area contributed by atoms with Crippen molar-refractivity contribution in [3.8, 4) is 0 Å². The van der Waals surface area contributed by atoms with Crippen molar-refractivity contribution in [2.24, 2.45) is 0 Å². The number of benzene rings is 1. The lowest BCUT2D eigenvalue weighted by molar-refractivity contribution is 0.0922. The first-order valence-corrected chi connectivity index (χ1v) is 7.91. The molecule has 0 saturated carbocycles. The molecule has 1 heterocycles. The Kier molecular flexibility index (Phi) is 4.10. The predicted molar refractivity (Wildman–Crippen MR) is 71.9 cm³/mol. The summed E-state index contributed by atoms with van der Waals surface area (Å²) in [5, 5.41) is 2.65. The molecule has 8 heteroatoms. The van der Waals surface area contributed by atoms with Crippen molar-refractivity contribution < 1.29 is 17.6 Å². The molecular formula is C12H11ClN2O4S. The maximum absolute atomic E-state index is 11.8. The summed E-state index contributed by atoms with van der Waals surface area (Å²) in [6.45, 7) is 1.90. The standard InChI is InChI=1S/C12H11ClN2O4S/c1-8-11(19-7-15-8)12(16)14-6-9-2-4-10(5-3-9)20(13,17)18/h2-5,7H,6H2,1H3,(H,14,16). The summed E-state index contributed by atoms with van der Waals surface area (Å²) in [6, 6.07) is 5.90. The maximum atomic E-state index is 11.8. The van der Waals surface area contributed by atoms with Crippen LogP contribution in [0.3, 0.4) is 0 Å². The van der Waals surface area contributed by atoms with Crippen molar-refractivity contribution >= 4 is 25.6 Å². The Morgan fingerprint density at radius 3 is 2.50 bits per heavy atom. The largest absolute Gasteiger partial charge is 0.438 e. The first-order chi connectivity index (χ1) is 9.38. The highest BCUT2D eigenvalue weighted by molar-refractivity contribution is 8.13. The number of hydrogen-bond donors (Lipinski definition) is 1. The number of nitrogens with one attached hydrogen (secondary N) is 1. The van der Waals surface area contributed by atoms with Crippen molar-refractivity contribution in [1.29, 1.82) is 0 Å². The van der Waals surface area contributed by atoms with Crippen molar-refractivity contribution in [2.75, 3.05) is 0 Å². The van der Waals surface area contributed by atoms with Gasteiger partial charge in [0.25, 0.3) is 15.0 Å². The van der Waals surface area contributed by atoms with Crippen LogP contribution in [-0.2, 0) is 15.6 Å². The van der Waals surface area contributed by atoms with Crippen molar-refractivity contribution in [3.63, 3.8) is 0 Å². The normalized spacial score (nSPS) is 11.3. The van der Waals surface area contributed by atoms with Gasteiger partial charge in [-0.1, -0.05) is 12.1 Å². The molecule has 0 spiro atoms. The van der Waals surface area contributed by atoms with Gasteiger partial charge in [0.2, 0.25) is 5.76 Å². The Morgan fingerprint density at radius 1 is 1.35 bits per heavy atom. The van der Waals surface area contributed by atoms with Crippen LogP contribution in [0.15, 0.2) is 40.0 Å². The van der Waals surface area contributed by atoms with Gasteiger partial charge in [-0.3, -0.25) is 4.79 Å². The Labute approximate surface area is 120 Å². The first kappa shape index (κ1) is 14.5. The molecule has 1 aromatic carbocycles. The van der Waals surface area contributed by atoms with Gasteiger partial charge < -0.3 is 9.73 Å². The zero-order valence-corrected chi connectivity index (χ0v) is 12.0. The summed E-state index contributed by atoms with van der Waals surface area (Å²) in [5.74, 6) is -0.223. The van der Waals surface area contributed by atoms with Gasteiger partial charge in [0.1, 0.15) is 0 Å². The molecule has 1 N–H and O–H groups in total. The number of aromatic nitrogens is 1. The van der Waals surface area contributed by atoms with Crippen LogP contribution < -0.4 is 5.32 Å². The van der Waals surface area contributed by atoms with Gasteiger partial charge in [0, 0.05) is 17.2 Å². The lowest BCUT2D eigenvalue weighted by Crippen LogP contribution is -2.23. The van der Waals surface area contributed by atoms with E-state index < -0.39 is 9.05 Å². The molecule has 0 unspecified atom stereocenters. The summed E-state index contributed by atoms with van der Waals surface area (Å²) in [5.41, 5.74) is 1.24. The van der Waals surface area contributed by atoms with E-state index >= 15 is 0 Å². The Morgan fingerprint density at radius 2 is 2.00 bits per heavy atom. The van der Waals surface area contributed by atoms with Crippen molar-refractivity contribution in [2.45, 2.75) is 18.4 Å². The van der Waals surface area contributed by atoms with Gasteiger partial charge in [0.05, 0.1) is 10.6 Å².